The number of rotatable bonds is 6. The van der Waals surface area contributed by atoms with Crippen molar-refractivity contribution in [2.45, 2.75) is 26.9 Å². The van der Waals surface area contributed by atoms with E-state index in [0.29, 0.717) is 12.4 Å². The number of hydrogen-bond acceptors (Lipinski definition) is 4. The predicted molar refractivity (Wildman–Crippen MR) is 72.0 cm³/mol. The summed E-state index contributed by atoms with van der Waals surface area (Å²) in [6.07, 6.45) is 0.104. The van der Waals surface area contributed by atoms with Crippen LogP contribution in [0.4, 0.5) is 0 Å². The first-order valence-corrected chi connectivity index (χ1v) is 6.56. The van der Waals surface area contributed by atoms with Gasteiger partial charge in [-0.25, -0.2) is 4.79 Å². The van der Waals surface area contributed by atoms with E-state index >= 15 is 0 Å². The van der Waals surface area contributed by atoms with Gasteiger partial charge in [0, 0.05) is 0 Å². The third-order valence-corrected chi connectivity index (χ3v) is 2.55. The first-order valence-electron chi connectivity index (χ1n) is 5.77. The fourth-order valence-corrected chi connectivity index (χ4v) is 1.72. The van der Waals surface area contributed by atoms with E-state index in [9.17, 15) is 4.79 Å². The van der Waals surface area contributed by atoms with Crippen LogP contribution in [-0.2, 0) is 9.53 Å². The maximum Gasteiger partial charge on any atom is 0.344 e. The van der Waals surface area contributed by atoms with E-state index in [2.05, 4.69) is 15.9 Å². The number of ether oxygens (including phenoxy) is 3. The molecule has 0 fully saturated rings. The molecule has 100 valence electrons. The van der Waals surface area contributed by atoms with Crippen LogP contribution in [0.5, 0.6) is 11.5 Å². The van der Waals surface area contributed by atoms with Crippen molar-refractivity contribution in [3.8, 4) is 11.5 Å². The van der Waals surface area contributed by atoms with Crippen molar-refractivity contribution < 1.29 is 19.0 Å². The summed E-state index contributed by atoms with van der Waals surface area (Å²) in [7, 11) is 0. The molecule has 0 aliphatic carbocycles. The lowest BCUT2D eigenvalue weighted by Gasteiger charge is -2.12. The minimum atomic E-state index is -0.379. The molecule has 0 saturated carbocycles. The molecule has 0 aliphatic heterocycles. The van der Waals surface area contributed by atoms with E-state index in [1.54, 1.807) is 25.1 Å². The van der Waals surface area contributed by atoms with Crippen molar-refractivity contribution in [3.63, 3.8) is 0 Å². The molecule has 4 nitrogen and oxygen atoms in total. The highest BCUT2D eigenvalue weighted by molar-refractivity contribution is 9.10. The average Bonchev–Trinajstić information content (AvgIpc) is 2.29. The number of carbonyl (C=O) groups excluding carboxylic acids is 1. The van der Waals surface area contributed by atoms with E-state index in [1.807, 2.05) is 13.8 Å². The summed E-state index contributed by atoms with van der Waals surface area (Å²) in [6, 6.07) is 5.31. The van der Waals surface area contributed by atoms with Gasteiger partial charge in [0.15, 0.2) is 6.61 Å². The highest BCUT2D eigenvalue weighted by atomic mass is 79.9. The van der Waals surface area contributed by atoms with Crippen LogP contribution >= 0.6 is 15.9 Å². The smallest absolute Gasteiger partial charge is 0.344 e. The zero-order chi connectivity index (χ0) is 13.5. The third-order valence-electron chi connectivity index (χ3n) is 1.93. The highest BCUT2D eigenvalue weighted by Crippen LogP contribution is 2.29. The first kappa shape index (κ1) is 14.8. The van der Waals surface area contributed by atoms with Gasteiger partial charge in [-0.05, 0) is 54.9 Å². The van der Waals surface area contributed by atoms with Gasteiger partial charge in [-0.2, -0.15) is 0 Å². The lowest BCUT2D eigenvalue weighted by Crippen LogP contribution is -2.14. The second kappa shape index (κ2) is 7.26. The molecule has 0 unspecified atom stereocenters. The van der Waals surface area contributed by atoms with E-state index in [0.717, 1.165) is 10.2 Å². The molecule has 1 rings (SSSR count). The Bertz CT molecular complexity index is 404. The molecule has 0 atom stereocenters. The molecule has 5 heteroatoms. The van der Waals surface area contributed by atoms with E-state index in [4.69, 9.17) is 14.2 Å². The molecule has 1 aromatic carbocycles. The number of hydrogen-bond donors (Lipinski definition) is 0. The summed E-state index contributed by atoms with van der Waals surface area (Å²) in [5.74, 6) is 0.954. The molecule has 0 amide bonds. The monoisotopic (exact) mass is 316 g/mol. The van der Waals surface area contributed by atoms with Crippen LogP contribution in [0.25, 0.3) is 0 Å². The minimum absolute atomic E-state index is 0.0926. The van der Waals surface area contributed by atoms with Gasteiger partial charge < -0.3 is 14.2 Å². The summed E-state index contributed by atoms with van der Waals surface area (Å²) in [5, 5.41) is 0. The standard InChI is InChI=1S/C13H17BrO4/c1-4-16-13(15)8-17-10-5-6-12(11(14)7-10)18-9(2)3/h5-7,9H,4,8H2,1-3H3. The van der Waals surface area contributed by atoms with Gasteiger partial charge in [0.05, 0.1) is 17.2 Å². The highest BCUT2D eigenvalue weighted by Gasteiger charge is 2.07. The topological polar surface area (TPSA) is 44.8 Å². The van der Waals surface area contributed by atoms with Crippen LogP contribution in [0.1, 0.15) is 20.8 Å². The Morgan fingerprint density at radius 1 is 1.39 bits per heavy atom. The van der Waals surface area contributed by atoms with Gasteiger partial charge in [-0.1, -0.05) is 0 Å². The zero-order valence-electron chi connectivity index (χ0n) is 10.7. The fraction of sp³-hybridized carbons (Fsp3) is 0.462. The maximum absolute atomic E-state index is 11.1. The fourth-order valence-electron chi connectivity index (χ4n) is 1.27. The van der Waals surface area contributed by atoms with Crippen LogP contribution in [-0.4, -0.2) is 25.3 Å². The Morgan fingerprint density at radius 2 is 2.11 bits per heavy atom. The molecule has 0 aliphatic rings. The van der Waals surface area contributed by atoms with E-state index in [-0.39, 0.29) is 18.7 Å². The van der Waals surface area contributed by atoms with Gasteiger partial charge in [0.2, 0.25) is 0 Å². The van der Waals surface area contributed by atoms with Gasteiger partial charge in [0.25, 0.3) is 0 Å². The molecule has 0 N–H and O–H groups in total. The lowest BCUT2D eigenvalue weighted by atomic mass is 10.3. The van der Waals surface area contributed by atoms with Crippen molar-refractivity contribution in [1.29, 1.82) is 0 Å². The van der Waals surface area contributed by atoms with Crippen molar-refractivity contribution in [3.05, 3.63) is 22.7 Å². The molecule has 0 aromatic heterocycles. The quantitative estimate of drug-likeness (QED) is 0.756. The number of carbonyl (C=O) groups is 1. The van der Waals surface area contributed by atoms with E-state index in [1.165, 1.54) is 0 Å². The average molecular weight is 317 g/mol. The van der Waals surface area contributed by atoms with Crippen molar-refractivity contribution in [1.82, 2.24) is 0 Å². The molecular formula is C13H17BrO4. The van der Waals surface area contributed by atoms with Crippen LogP contribution in [0.15, 0.2) is 22.7 Å². The number of halogens is 1. The Hall–Kier alpha value is -1.23. The Kier molecular flexibility index (Phi) is 5.98. The Morgan fingerprint density at radius 3 is 2.67 bits per heavy atom. The third kappa shape index (κ3) is 4.96. The lowest BCUT2D eigenvalue weighted by molar-refractivity contribution is -0.145. The van der Waals surface area contributed by atoms with Crippen LogP contribution in [0.2, 0.25) is 0 Å². The Labute approximate surface area is 115 Å². The second-order valence-electron chi connectivity index (χ2n) is 3.85. The summed E-state index contributed by atoms with van der Waals surface area (Å²) in [4.78, 5) is 11.1. The molecule has 1 aromatic rings. The zero-order valence-corrected chi connectivity index (χ0v) is 12.3. The van der Waals surface area contributed by atoms with Crippen molar-refractivity contribution in [2.24, 2.45) is 0 Å². The minimum Gasteiger partial charge on any atom is -0.490 e. The second-order valence-corrected chi connectivity index (χ2v) is 4.71. The van der Waals surface area contributed by atoms with E-state index < -0.39 is 0 Å². The molecule has 0 spiro atoms. The van der Waals surface area contributed by atoms with Gasteiger partial charge in [-0.3, -0.25) is 0 Å². The normalized spacial score (nSPS) is 10.3. The molecule has 0 bridgehead atoms. The summed E-state index contributed by atoms with van der Waals surface area (Å²) >= 11 is 3.39. The molecule has 0 saturated heterocycles. The first-order chi connectivity index (χ1) is 8.52. The SMILES string of the molecule is CCOC(=O)COc1ccc(OC(C)C)c(Br)c1. The van der Waals surface area contributed by atoms with Gasteiger partial charge in [-0.15, -0.1) is 0 Å². The largest absolute Gasteiger partial charge is 0.490 e. The molecule has 18 heavy (non-hydrogen) atoms. The molecular weight excluding hydrogens is 300 g/mol. The van der Waals surface area contributed by atoms with Crippen molar-refractivity contribution in [2.75, 3.05) is 13.2 Å². The summed E-state index contributed by atoms with van der Waals surface area (Å²) in [5.41, 5.74) is 0. The summed E-state index contributed by atoms with van der Waals surface area (Å²) < 4.78 is 16.4. The van der Waals surface area contributed by atoms with Crippen LogP contribution < -0.4 is 9.47 Å². The molecule has 0 heterocycles. The van der Waals surface area contributed by atoms with Gasteiger partial charge >= 0.3 is 5.97 Å². The molecule has 0 radical (unpaired) electrons. The van der Waals surface area contributed by atoms with Crippen LogP contribution in [0, 0.1) is 0 Å². The number of esters is 1. The summed E-state index contributed by atoms with van der Waals surface area (Å²) in [6.45, 7) is 5.93. The number of benzene rings is 1. The van der Waals surface area contributed by atoms with Crippen molar-refractivity contribution >= 4 is 21.9 Å². The van der Waals surface area contributed by atoms with Crippen LogP contribution in [0.3, 0.4) is 0 Å². The Balaban J connectivity index is 2.58. The predicted octanol–water partition coefficient (Wildman–Crippen LogP) is 3.18. The maximum atomic E-state index is 11.1. The van der Waals surface area contributed by atoms with Gasteiger partial charge in [0.1, 0.15) is 11.5 Å².